The Kier molecular flexibility index (Phi) is 2.30. The number of nitriles is 1. The van der Waals surface area contributed by atoms with Gasteiger partial charge in [-0.2, -0.15) is 5.26 Å². The molecule has 16 heavy (non-hydrogen) atoms. The van der Waals surface area contributed by atoms with Crippen LogP contribution in [0.4, 0.5) is 0 Å². The minimum atomic E-state index is -3.45. The predicted octanol–water partition coefficient (Wildman–Crippen LogP) is 0.762. The Bertz CT molecular complexity index is 557. The van der Waals surface area contributed by atoms with Crippen molar-refractivity contribution in [1.29, 1.82) is 5.26 Å². The lowest BCUT2D eigenvalue weighted by Crippen LogP contribution is -2.28. The van der Waals surface area contributed by atoms with E-state index in [2.05, 4.69) is 0 Å². The van der Waals surface area contributed by atoms with Crippen molar-refractivity contribution in [1.82, 2.24) is 0 Å². The zero-order valence-electron chi connectivity index (χ0n) is 8.84. The maximum atomic E-state index is 12.0. The van der Waals surface area contributed by atoms with Gasteiger partial charge in [-0.05, 0) is 25.5 Å². The van der Waals surface area contributed by atoms with Crippen LogP contribution >= 0.6 is 0 Å². The molecule has 2 rings (SSSR count). The van der Waals surface area contributed by atoms with Gasteiger partial charge in [-0.3, -0.25) is 0 Å². The fraction of sp³-hybridized carbons (Fsp3) is 0.364. The minimum Gasteiger partial charge on any atom is -0.312 e. The molecular weight excluding hydrogens is 224 g/mol. The Morgan fingerprint density at radius 3 is 2.44 bits per heavy atom. The van der Waals surface area contributed by atoms with Crippen LogP contribution in [0.1, 0.15) is 12.0 Å². The first-order chi connectivity index (χ1) is 7.40. The van der Waals surface area contributed by atoms with Gasteiger partial charge >= 0.3 is 0 Å². The molecule has 4 nitrogen and oxygen atoms in total. The van der Waals surface area contributed by atoms with Crippen LogP contribution in [-0.4, -0.2) is 19.2 Å². The van der Waals surface area contributed by atoms with Gasteiger partial charge in [0.05, 0.1) is 11.0 Å². The summed E-state index contributed by atoms with van der Waals surface area (Å²) in [5, 5.41) is 7.99. The van der Waals surface area contributed by atoms with Gasteiger partial charge < -0.3 is 5.73 Å². The Labute approximate surface area is 94.6 Å². The number of sulfone groups is 1. The van der Waals surface area contributed by atoms with Crippen LogP contribution < -0.4 is 5.73 Å². The number of nitrogens with two attached hydrogens (primary N) is 1. The topological polar surface area (TPSA) is 83.9 Å². The van der Waals surface area contributed by atoms with E-state index in [1.165, 1.54) is 0 Å². The number of aryl methyl sites for hydroxylation is 1. The number of rotatable bonds is 2. The lowest BCUT2D eigenvalue weighted by Gasteiger charge is -2.05. The van der Waals surface area contributed by atoms with Crippen LogP contribution in [0, 0.1) is 18.3 Å². The van der Waals surface area contributed by atoms with Crippen LogP contribution in [0.5, 0.6) is 0 Å². The molecule has 0 saturated heterocycles. The van der Waals surface area contributed by atoms with E-state index in [9.17, 15) is 8.42 Å². The van der Waals surface area contributed by atoms with Gasteiger partial charge in [-0.25, -0.2) is 8.42 Å². The molecule has 0 spiro atoms. The molecule has 0 amide bonds. The van der Waals surface area contributed by atoms with Crippen LogP contribution in [0.2, 0.25) is 0 Å². The van der Waals surface area contributed by atoms with Crippen molar-refractivity contribution in [2.24, 2.45) is 5.73 Å². The fourth-order valence-corrected chi connectivity index (χ4v) is 3.59. The zero-order valence-corrected chi connectivity index (χ0v) is 9.66. The van der Waals surface area contributed by atoms with Crippen LogP contribution in [-0.2, 0) is 9.84 Å². The first-order valence-electron chi connectivity index (χ1n) is 4.91. The molecular formula is C11H12N2O2S. The third kappa shape index (κ3) is 1.60. The molecule has 0 aliphatic heterocycles. The lowest BCUT2D eigenvalue weighted by atomic mass is 10.2. The van der Waals surface area contributed by atoms with Gasteiger partial charge in [0.15, 0.2) is 9.84 Å². The molecule has 0 unspecified atom stereocenters. The molecule has 1 aromatic rings. The highest BCUT2D eigenvalue weighted by molar-refractivity contribution is 7.92. The zero-order chi connectivity index (χ0) is 12.0. The molecule has 5 heteroatoms. The third-order valence-electron chi connectivity index (χ3n) is 2.87. The highest BCUT2D eigenvalue weighted by Gasteiger charge is 2.60. The lowest BCUT2D eigenvalue weighted by molar-refractivity contribution is 0.592. The molecule has 0 radical (unpaired) electrons. The van der Waals surface area contributed by atoms with Gasteiger partial charge in [-0.15, -0.1) is 0 Å². The summed E-state index contributed by atoms with van der Waals surface area (Å²) in [5.74, 6) is 0. The molecule has 84 valence electrons. The highest BCUT2D eigenvalue weighted by atomic mass is 32.2. The van der Waals surface area contributed by atoms with E-state index in [1.54, 1.807) is 24.3 Å². The van der Waals surface area contributed by atoms with Crippen LogP contribution in [0.25, 0.3) is 0 Å². The van der Waals surface area contributed by atoms with E-state index >= 15 is 0 Å². The number of hydrogen-bond acceptors (Lipinski definition) is 4. The first kappa shape index (κ1) is 11.1. The first-order valence-corrected chi connectivity index (χ1v) is 6.45. The SMILES string of the molecule is Cc1ccc(S(=O)(=O)[C@H]2C[C@]2(N)C#N)cc1. The standard InChI is InChI=1S/C11H12N2O2S/c1-8-2-4-9(5-3-8)16(14,15)10-6-11(10,13)7-12/h2-5,10H,6,13H2,1H3/t10-,11-/m0/s1. The average Bonchev–Trinajstić information content (AvgIpc) is 2.93. The maximum absolute atomic E-state index is 12.0. The van der Waals surface area contributed by atoms with E-state index in [-0.39, 0.29) is 11.3 Å². The monoisotopic (exact) mass is 236 g/mol. The average molecular weight is 236 g/mol. The smallest absolute Gasteiger partial charge is 0.184 e. The van der Waals surface area contributed by atoms with E-state index in [0.717, 1.165) is 5.56 Å². The summed E-state index contributed by atoms with van der Waals surface area (Å²) in [6.45, 7) is 1.88. The summed E-state index contributed by atoms with van der Waals surface area (Å²) < 4.78 is 24.1. The predicted molar refractivity (Wildman–Crippen MR) is 59.3 cm³/mol. The summed E-state index contributed by atoms with van der Waals surface area (Å²) >= 11 is 0. The van der Waals surface area contributed by atoms with Gasteiger partial charge in [-0.1, -0.05) is 17.7 Å². The van der Waals surface area contributed by atoms with Crippen molar-refractivity contribution < 1.29 is 8.42 Å². The summed E-state index contributed by atoms with van der Waals surface area (Å²) in [6, 6.07) is 8.44. The fourth-order valence-electron chi connectivity index (χ4n) is 1.64. The molecule has 0 heterocycles. The maximum Gasteiger partial charge on any atom is 0.184 e. The molecule has 1 fully saturated rings. The number of nitrogens with zero attached hydrogens (tertiary/aromatic N) is 1. The Hall–Kier alpha value is -1.38. The van der Waals surface area contributed by atoms with E-state index in [1.807, 2.05) is 13.0 Å². The van der Waals surface area contributed by atoms with Crippen molar-refractivity contribution in [3.8, 4) is 6.07 Å². The summed E-state index contributed by atoms with van der Waals surface area (Å²) in [4.78, 5) is 0.241. The summed E-state index contributed by atoms with van der Waals surface area (Å²) in [7, 11) is -3.45. The van der Waals surface area contributed by atoms with Gasteiger partial charge in [0, 0.05) is 0 Å². The molecule has 1 saturated carbocycles. The van der Waals surface area contributed by atoms with E-state index in [0.29, 0.717) is 0 Å². The normalized spacial score (nSPS) is 28.4. The highest BCUT2D eigenvalue weighted by Crippen LogP contribution is 2.41. The molecule has 0 bridgehead atoms. The molecule has 1 aliphatic carbocycles. The summed E-state index contributed by atoms with van der Waals surface area (Å²) in [6.07, 6.45) is 0.222. The molecule has 1 aromatic carbocycles. The Morgan fingerprint density at radius 2 is 2.00 bits per heavy atom. The van der Waals surface area contributed by atoms with Crippen LogP contribution in [0.3, 0.4) is 0 Å². The molecule has 2 atom stereocenters. The number of hydrogen-bond donors (Lipinski definition) is 1. The number of benzene rings is 1. The van der Waals surface area contributed by atoms with Crippen molar-refractivity contribution in [3.63, 3.8) is 0 Å². The minimum absolute atomic E-state index is 0.222. The van der Waals surface area contributed by atoms with E-state index in [4.69, 9.17) is 11.0 Å². The van der Waals surface area contributed by atoms with E-state index < -0.39 is 20.6 Å². The van der Waals surface area contributed by atoms with Crippen molar-refractivity contribution in [2.45, 2.75) is 29.0 Å². The van der Waals surface area contributed by atoms with Crippen molar-refractivity contribution >= 4 is 9.84 Å². The van der Waals surface area contributed by atoms with Gasteiger partial charge in [0.2, 0.25) is 0 Å². The van der Waals surface area contributed by atoms with Crippen molar-refractivity contribution in [2.75, 3.05) is 0 Å². The summed E-state index contributed by atoms with van der Waals surface area (Å²) in [5.41, 5.74) is 5.41. The quantitative estimate of drug-likeness (QED) is 0.821. The van der Waals surface area contributed by atoms with Crippen molar-refractivity contribution in [3.05, 3.63) is 29.8 Å². The second kappa shape index (κ2) is 3.30. The van der Waals surface area contributed by atoms with Gasteiger partial charge in [0.1, 0.15) is 10.8 Å². The second-order valence-corrected chi connectivity index (χ2v) is 6.33. The molecule has 0 aromatic heterocycles. The van der Waals surface area contributed by atoms with Crippen LogP contribution in [0.15, 0.2) is 29.2 Å². The largest absolute Gasteiger partial charge is 0.312 e. The van der Waals surface area contributed by atoms with Gasteiger partial charge in [0.25, 0.3) is 0 Å². The second-order valence-electron chi connectivity index (χ2n) is 4.20. The molecule has 2 N–H and O–H groups in total. The Morgan fingerprint density at radius 1 is 1.44 bits per heavy atom. The molecule has 1 aliphatic rings. The third-order valence-corrected chi connectivity index (χ3v) is 5.14. The Balaban J connectivity index is 2.36.